The van der Waals surface area contributed by atoms with E-state index in [0.29, 0.717) is 12.8 Å². The van der Waals surface area contributed by atoms with Crippen LogP contribution in [0, 0.1) is 0 Å². The molecule has 1 heterocycles. The van der Waals surface area contributed by atoms with Crippen molar-refractivity contribution < 1.29 is 112 Å². The van der Waals surface area contributed by atoms with Gasteiger partial charge in [0.05, 0.1) is 19.3 Å². The molecule has 2 fully saturated rings. The van der Waals surface area contributed by atoms with Crippen molar-refractivity contribution >= 4 is 19.8 Å². The predicted molar refractivity (Wildman–Crippen MR) is 249 cm³/mol. The molecular weight excluding hydrogens is 916 g/mol. The van der Waals surface area contributed by atoms with Crippen LogP contribution in [0.15, 0.2) is 0 Å². The zero-order chi connectivity index (χ0) is 49.5. The third-order valence-electron chi connectivity index (χ3n) is 12.9. The molecule has 20 heteroatoms. The number of hydrogen-bond acceptors (Lipinski definition) is 18. The topological polar surface area (TPSA) is 286 Å². The second-order valence-corrected chi connectivity index (χ2v) is 20.0. The number of rotatable bonds is 40. The van der Waals surface area contributed by atoms with Crippen LogP contribution in [0.2, 0.25) is 0 Å². The van der Waals surface area contributed by atoms with E-state index in [9.17, 15) is 49.7 Å². The van der Waals surface area contributed by atoms with Crippen LogP contribution in [0.3, 0.4) is 0 Å². The average Bonchev–Trinajstić information content (AvgIpc) is 3.30. The molecule has 0 spiro atoms. The Balaban J connectivity index is 0.0000231. The second kappa shape index (κ2) is 39.2. The molecule has 18 nitrogen and oxygen atoms in total. The molecule has 1 saturated carbocycles. The maximum Gasteiger partial charge on any atom is 1.00 e. The van der Waals surface area contributed by atoms with Gasteiger partial charge < -0.3 is 74.0 Å². The molecule has 2 rings (SSSR count). The molecular formula is C48H91NNaO17P. The number of phosphoric ester groups is 1. The first-order chi connectivity index (χ1) is 32.2. The monoisotopic (exact) mass is 1010 g/mol. The van der Waals surface area contributed by atoms with E-state index >= 15 is 0 Å². The first kappa shape index (κ1) is 65.7. The van der Waals surface area contributed by atoms with Crippen molar-refractivity contribution in [2.75, 3.05) is 26.9 Å². The predicted octanol–water partition coefficient (Wildman–Crippen LogP) is 2.54. The summed E-state index contributed by atoms with van der Waals surface area (Å²) in [5, 5.41) is 62.7. The van der Waals surface area contributed by atoms with E-state index in [0.717, 1.165) is 58.5 Å². The summed E-state index contributed by atoms with van der Waals surface area (Å²) in [5.41, 5.74) is 6.00. The van der Waals surface area contributed by atoms with Crippen molar-refractivity contribution in [1.82, 2.24) is 0 Å². The summed E-state index contributed by atoms with van der Waals surface area (Å²) in [6.45, 7) is 2.33. The van der Waals surface area contributed by atoms with Crippen molar-refractivity contribution in [3.63, 3.8) is 0 Å². The summed E-state index contributed by atoms with van der Waals surface area (Å²) in [7, 11) is -4.44. The zero-order valence-electron chi connectivity index (χ0n) is 42.0. The van der Waals surface area contributed by atoms with E-state index in [1.165, 1.54) is 103 Å². The third-order valence-corrected chi connectivity index (χ3v) is 13.8. The average molecular weight is 1010 g/mol. The number of aliphatic hydroxyl groups excluding tert-OH is 6. The van der Waals surface area contributed by atoms with E-state index in [1.54, 1.807) is 0 Å². The zero-order valence-corrected chi connectivity index (χ0v) is 44.9. The van der Waals surface area contributed by atoms with Crippen LogP contribution in [-0.4, -0.2) is 143 Å². The number of hydrogen-bond donors (Lipinski definition) is 7. The minimum absolute atomic E-state index is 0. The molecule has 396 valence electrons. The van der Waals surface area contributed by atoms with Gasteiger partial charge in [0.15, 0.2) is 12.4 Å². The Kier molecular flexibility index (Phi) is 37.8. The maximum absolute atomic E-state index is 13.5. The van der Waals surface area contributed by atoms with Gasteiger partial charge in [-0.05, 0) is 12.8 Å². The number of phosphoric acid groups is 1. The summed E-state index contributed by atoms with van der Waals surface area (Å²) >= 11 is 0. The molecule has 8 N–H and O–H groups in total. The van der Waals surface area contributed by atoms with Crippen LogP contribution in [-0.2, 0) is 46.9 Å². The Morgan fingerprint density at radius 1 is 0.603 bits per heavy atom. The number of nitrogens with two attached hydrogens (primary N) is 1. The molecule has 1 aliphatic heterocycles. The van der Waals surface area contributed by atoms with E-state index < -0.39 is 113 Å². The largest absolute Gasteiger partial charge is 1.00 e. The molecule has 0 radical (unpaired) electrons. The minimum atomic E-state index is -5.52. The van der Waals surface area contributed by atoms with Crippen LogP contribution in [0.25, 0.3) is 0 Å². The van der Waals surface area contributed by atoms with E-state index in [1.807, 2.05) is 0 Å². The first-order valence-corrected chi connectivity index (χ1v) is 27.3. The SMILES string of the molecule is CCCCCCCCCCCCCCCC(=O)OC[C@H](COP(=O)([O-])O[C@@H]1[C@H](OC)[C@H](O)[C@@H](O)[C@H](O)[C@H]1O[C@H]1O[C@H](CO)[C@@H](O)[C@H](O)[C@H]1N)OC(=O)CCCCCCCCCCCCCCC.[Na+]. The van der Waals surface area contributed by atoms with Gasteiger partial charge >= 0.3 is 41.5 Å². The Morgan fingerprint density at radius 3 is 1.47 bits per heavy atom. The fourth-order valence-electron chi connectivity index (χ4n) is 8.65. The van der Waals surface area contributed by atoms with Crippen molar-refractivity contribution in [2.45, 2.75) is 267 Å². The normalized spacial score (nSPS) is 27.5. The van der Waals surface area contributed by atoms with Gasteiger partial charge in [0, 0.05) is 20.0 Å². The maximum atomic E-state index is 13.5. The number of unbranched alkanes of at least 4 members (excludes halogenated alkanes) is 24. The van der Waals surface area contributed by atoms with Crippen LogP contribution < -0.4 is 40.2 Å². The number of carbonyl (C=O) groups excluding carboxylic acids is 2. The Morgan fingerprint density at radius 2 is 1.03 bits per heavy atom. The van der Waals surface area contributed by atoms with Crippen LogP contribution in [0.1, 0.15) is 194 Å². The summed E-state index contributed by atoms with van der Waals surface area (Å²) in [4.78, 5) is 39.2. The molecule has 0 bridgehead atoms. The molecule has 0 aromatic rings. The smallest absolute Gasteiger partial charge is 0.756 e. The van der Waals surface area contributed by atoms with Gasteiger partial charge in [-0.15, -0.1) is 0 Å². The number of methoxy groups -OCH3 is 1. The molecule has 1 saturated heterocycles. The molecule has 68 heavy (non-hydrogen) atoms. The van der Waals surface area contributed by atoms with Crippen molar-refractivity contribution in [2.24, 2.45) is 5.73 Å². The number of esters is 2. The molecule has 0 aromatic heterocycles. The van der Waals surface area contributed by atoms with Gasteiger partial charge in [0.2, 0.25) is 0 Å². The summed E-state index contributed by atoms with van der Waals surface area (Å²) in [5.74, 6) is -1.18. The number of carbonyl (C=O) groups is 2. The van der Waals surface area contributed by atoms with Crippen LogP contribution >= 0.6 is 7.82 Å². The molecule has 2 aliphatic rings. The van der Waals surface area contributed by atoms with Gasteiger partial charge in [-0.2, -0.15) is 0 Å². The quantitative estimate of drug-likeness (QED) is 0.0201. The minimum Gasteiger partial charge on any atom is -0.756 e. The fraction of sp³-hybridized carbons (Fsp3) is 0.958. The van der Waals surface area contributed by atoms with Gasteiger partial charge in [0.1, 0.15) is 61.5 Å². The van der Waals surface area contributed by atoms with Crippen molar-refractivity contribution in [3.05, 3.63) is 0 Å². The first-order valence-electron chi connectivity index (χ1n) is 25.8. The molecule has 1 aliphatic carbocycles. The van der Waals surface area contributed by atoms with E-state index in [4.69, 9.17) is 38.5 Å². The number of aliphatic hydroxyl groups is 6. The Bertz CT molecular complexity index is 1320. The van der Waals surface area contributed by atoms with Gasteiger partial charge in [-0.25, -0.2) is 0 Å². The van der Waals surface area contributed by atoms with Gasteiger partial charge in [-0.3, -0.25) is 14.2 Å². The van der Waals surface area contributed by atoms with Crippen molar-refractivity contribution in [3.8, 4) is 0 Å². The van der Waals surface area contributed by atoms with Crippen LogP contribution in [0.5, 0.6) is 0 Å². The Labute approximate surface area is 429 Å². The summed E-state index contributed by atoms with van der Waals surface area (Å²) in [6, 6.07) is -1.49. The molecule has 13 atom stereocenters. The second-order valence-electron chi connectivity index (χ2n) is 18.6. The molecule has 1 unspecified atom stereocenters. The van der Waals surface area contributed by atoms with Crippen molar-refractivity contribution in [1.29, 1.82) is 0 Å². The summed E-state index contributed by atoms with van der Waals surface area (Å²) in [6.07, 6.45) is 10.6. The number of ether oxygens (including phenoxy) is 5. The van der Waals surface area contributed by atoms with E-state index in [2.05, 4.69) is 13.8 Å². The standard InChI is InChI=1S/C48H92NO17P.Na/c1-4-6-8-10-12-14-16-18-20-22-24-26-28-30-37(51)61-33-35(63-38(52)31-29-27-25-23-21-19-17-15-13-11-9-7-5-2)34-62-67(58,59)66-47-45(60-3)43(56)42(55)44(57)46(47)65-48-39(49)41(54)40(53)36(32-50)64-48;/h35-36,39-48,50,53-57H,4-34,49H2,1-3H3,(H,58,59);/q;+1/p-1/t35-,36-,39-,40-,41-,42-,43-,44+,45-,46-,47-,48-;/m1./s1. The van der Waals surface area contributed by atoms with E-state index in [-0.39, 0.29) is 42.4 Å². The molecule has 0 aromatic carbocycles. The third kappa shape index (κ3) is 26.6. The van der Waals surface area contributed by atoms with Gasteiger partial charge in [0.25, 0.3) is 7.82 Å². The fourth-order valence-corrected chi connectivity index (χ4v) is 9.59. The van der Waals surface area contributed by atoms with Crippen LogP contribution in [0.4, 0.5) is 0 Å². The molecule has 0 amide bonds. The Hall–Kier alpha value is -0.350. The van der Waals surface area contributed by atoms with Gasteiger partial charge in [-0.1, -0.05) is 168 Å². The summed E-state index contributed by atoms with van der Waals surface area (Å²) < 4.78 is 51.4.